The van der Waals surface area contributed by atoms with Crippen molar-refractivity contribution >= 4 is 27.6 Å². The van der Waals surface area contributed by atoms with Crippen LogP contribution in [0.25, 0.3) is 21.8 Å². The van der Waals surface area contributed by atoms with Crippen LogP contribution in [0, 0.1) is 5.41 Å². The summed E-state index contributed by atoms with van der Waals surface area (Å²) in [5.74, 6) is 0.584. The molecule has 1 aromatic carbocycles. The minimum absolute atomic E-state index is 0.454. The van der Waals surface area contributed by atoms with Crippen LogP contribution < -0.4 is 5.73 Å². The van der Waals surface area contributed by atoms with E-state index in [2.05, 4.69) is 55.0 Å². The lowest BCUT2D eigenvalue weighted by molar-refractivity contribution is 0.132. The van der Waals surface area contributed by atoms with Crippen LogP contribution >= 0.6 is 0 Å². The number of nitrogen functional groups attached to an aromatic ring is 1. The van der Waals surface area contributed by atoms with E-state index >= 15 is 0 Å². The van der Waals surface area contributed by atoms with Crippen molar-refractivity contribution in [2.75, 3.05) is 12.3 Å². The van der Waals surface area contributed by atoms with Crippen molar-refractivity contribution in [3.63, 3.8) is 0 Å². The van der Waals surface area contributed by atoms with Crippen molar-refractivity contribution in [1.29, 1.82) is 0 Å². The monoisotopic (exact) mass is 381 g/mol. The second-order valence-corrected chi connectivity index (χ2v) is 9.04. The van der Waals surface area contributed by atoms with Crippen LogP contribution in [0.15, 0.2) is 24.3 Å². The fourth-order valence-electron chi connectivity index (χ4n) is 3.78. The van der Waals surface area contributed by atoms with Crippen LogP contribution in [0.3, 0.4) is 0 Å². The zero-order valence-electron chi connectivity index (χ0n) is 17.9. The quantitative estimate of drug-likeness (QED) is 0.423. The molecule has 0 fully saturated rings. The molecule has 0 aliphatic rings. The summed E-state index contributed by atoms with van der Waals surface area (Å²) in [6.07, 6.45) is 7.58. The lowest BCUT2D eigenvalue weighted by atomic mass is 9.89. The highest BCUT2D eigenvalue weighted by Gasteiger charge is 2.11. The molecule has 0 saturated heterocycles. The summed E-state index contributed by atoms with van der Waals surface area (Å²) in [4.78, 5) is 8.13. The van der Waals surface area contributed by atoms with Gasteiger partial charge >= 0.3 is 0 Å². The third-order valence-electron chi connectivity index (χ3n) is 5.33. The fraction of sp³-hybridized carbons (Fsp3) is 0.542. The van der Waals surface area contributed by atoms with Crippen molar-refractivity contribution in [2.45, 2.75) is 72.8 Å². The summed E-state index contributed by atoms with van der Waals surface area (Å²) < 4.78 is 5.52. The van der Waals surface area contributed by atoms with E-state index in [0.717, 1.165) is 33.9 Å². The second-order valence-electron chi connectivity index (χ2n) is 9.04. The van der Waals surface area contributed by atoms with Crippen molar-refractivity contribution in [1.82, 2.24) is 9.97 Å². The molecular weight excluding hydrogens is 346 g/mol. The summed E-state index contributed by atoms with van der Waals surface area (Å²) in [5, 5.41) is 2.11. The Balaban J connectivity index is 1.67. The lowest BCUT2D eigenvalue weighted by Crippen LogP contribution is -2.03. The van der Waals surface area contributed by atoms with Gasteiger partial charge in [0.2, 0.25) is 0 Å². The molecule has 3 N–H and O–H groups in total. The topological polar surface area (TPSA) is 63.9 Å². The van der Waals surface area contributed by atoms with E-state index in [1.165, 1.54) is 37.7 Å². The Morgan fingerprint density at radius 1 is 1.04 bits per heavy atom. The van der Waals surface area contributed by atoms with Gasteiger partial charge in [0.1, 0.15) is 5.82 Å². The SMILES string of the molecule is CCOCc1cc2c(N)nc3cc(CCCCCCC(C)(C)C)ccc3c2[nH]1. The zero-order chi connectivity index (χ0) is 20.1. The average molecular weight is 382 g/mol. The van der Waals surface area contributed by atoms with E-state index in [4.69, 9.17) is 10.5 Å². The number of aromatic amines is 1. The van der Waals surface area contributed by atoms with E-state index in [1.54, 1.807) is 0 Å². The molecule has 0 aliphatic carbocycles. The van der Waals surface area contributed by atoms with Crippen LogP contribution in [-0.2, 0) is 17.8 Å². The van der Waals surface area contributed by atoms with Crippen molar-refractivity contribution in [3.05, 3.63) is 35.5 Å². The normalized spacial score (nSPS) is 12.3. The minimum Gasteiger partial charge on any atom is -0.383 e. The number of aromatic nitrogens is 2. The van der Waals surface area contributed by atoms with E-state index in [1.807, 2.05) is 6.92 Å². The minimum atomic E-state index is 0.454. The Labute approximate surface area is 168 Å². The Bertz CT molecular complexity index is 921. The maximum absolute atomic E-state index is 6.23. The molecule has 0 amide bonds. The summed E-state index contributed by atoms with van der Waals surface area (Å²) in [6.45, 7) is 10.2. The number of fused-ring (bicyclic) bond motifs is 3. The maximum atomic E-state index is 6.23. The van der Waals surface area contributed by atoms with Gasteiger partial charge in [0.25, 0.3) is 0 Å². The number of nitrogens with zero attached hydrogens (tertiary/aromatic N) is 1. The predicted octanol–water partition coefficient (Wildman–Crippen LogP) is 6.37. The van der Waals surface area contributed by atoms with Crippen molar-refractivity contribution in [2.24, 2.45) is 5.41 Å². The number of benzene rings is 1. The Kier molecular flexibility index (Phi) is 6.61. The van der Waals surface area contributed by atoms with Crippen molar-refractivity contribution < 1.29 is 4.74 Å². The van der Waals surface area contributed by atoms with Crippen LogP contribution in [0.4, 0.5) is 5.82 Å². The number of unbranched alkanes of at least 4 members (excludes halogenated alkanes) is 3. The smallest absolute Gasteiger partial charge is 0.133 e. The standard InChI is InChI=1S/C24H35N3O/c1-5-28-16-18-15-20-22(26-18)19-12-11-17(14-21(19)27-23(20)25)10-8-6-7-9-13-24(2,3)4/h11-12,14-15,26H,5-10,13,16H2,1-4H3,(H2,25,27). The number of ether oxygens (including phenoxy) is 1. The highest BCUT2D eigenvalue weighted by atomic mass is 16.5. The van der Waals surface area contributed by atoms with E-state index < -0.39 is 0 Å². The molecular formula is C24H35N3O. The Morgan fingerprint density at radius 3 is 2.57 bits per heavy atom. The molecule has 3 aromatic rings. The Morgan fingerprint density at radius 2 is 1.82 bits per heavy atom. The first kappa shape index (κ1) is 20.7. The zero-order valence-corrected chi connectivity index (χ0v) is 17.9. The van der Waals surface area contributed by atoms with Crippen LogP contribution in [0.2, 0.25) is 0 Å². The van der Waals surface area contributed by atoms with Gasteiger partial charge in [0, 0.05) is 23.1 Å². The molecule has 2 aromatic heterocycles. The first-order valence-electron chi connectivity index (χ1n) is 10.6. The third kappa shape index (κ3) is 5.26. The molecule has 4 nitrogen and oxygen atoms in total. The highest BCUT2D eigenvalue weighted by Crippen LogP contribution is 2.29. The summed E-state index contributed by atoms with van der Waals surface area (Å²) in [6, 6.07) is 8.67. The van der Waals surface area contributed by atoms with Crippen LogP contribution in [0.5, 0.6) is 0 Å². The fourth-order valence-corrected chi connectivity index (χ4v) is 3.78. The lowest BCUT2D eigenvalue weighted by Gasteiger charge is -2.17. The molecule has 3 rings (SSSR count). The first-order valence-corrected chi connectivity index (χ1v) is 10.6. The van der Waals surface area contributed by atoms with Gasteiger partial charge in [-0.3, -0.25) is 0 Å². The molecule has 0 saturated carbocycles. The van der Waals surface area contributed by atoms with Crippen LogP contribution in [0.1, 0.15) is 71.1 Å². The molecule has 0 radical (unpaired) electrons. The van der Waals surface area contributed by atoms with Gasteiger partial charge in [-0.05, 0) is 49.3 Å². The number of hydrogen-bond acceptors (Lipinski definition) is 3. The van der Waals surface area contributed by atoms with Gasteiger partial charge < -0.3 is 15.5 Å². The number of rotatable bonds is 9. The molecule has 0 bridgehead atoms. The average Bonchev–Trinajstić information content (AvgIpc) is 3.07. The number of nitrogens with two attached hydrogens (primary N) is 1. The first-order chi connectivity index (χ1) is 13.4. The number of pyridine rings is 1. The van der Waals surface area contributed by atoms with Gasteiger partial charge in [0.05, 0.1) is 17.6 Å². The maximum Gasteiger partial charge on any atom is 0.133 e. The molecule has 0 aliphatic heterocycles. The molecule has 2 heterocycles. The summed E-state index contributed by atoms with van der Waals surface area (Å²) in [5.41, 5.74) is 11.1. The van der Waals surface area contributed by atoms with Gasteiger partial charge in [-0.25, -0.2) is 4.98 Å². The predicted molar refractivity (Wildman–Crippen MR) is 120 cm³/mol. The second kappa shape index (κ2) is 8.95. The molecule has 0 atom stereocenters. The number of aryl methyl sites for hydroxylation is 1. The number of H-pyrrole nitrogens is 1. The number of anilines is 1. The summed E-state index contributed by atoms with van der Waals surface area (Å²) >= 11 is 0. The number of hydrogen-bond donors (Lipinski definition) is 2. The van der Waals surface area contributed by atoms with Crippen molar-refractivity contribution in [3.8, 4) is 0 Å². The van der Waals surface area contributed by atoms with E-state index in [-0.39, 0.29) is 0 Å². The van der Waals surface area contributed by atoms with Gasteiger partial charge in [-0.1, -0.05) is 52.2 Å². The molecule has 152 valence electrons. The van der Waals surface area contributed by atoms with Gasteiger partial charge in [0.15, 0.2) is 0 Å². The molecule has 28 heavy (non-hydrogen) atoms. The van der Waals surface area contributed by atoms with Gasteiger partial charge in [-0.2, -0.15) is 0 Å². The summed E-state index contributed by atoms with van der Waals surface area (Å²) in [7, 11) is 0. The molecule has 0 unspecified atom stereocenters. The van der Waals surface area contributed by atoms with E-state index in [9.17, 15) is 0 Å². The molecule has 0 spiro atoms. The van der Waals surface area contributed by atoms with Gasteiger partial charge in [-0.15, -0.1) is 0 Å². The Hall–Kier alpha value is -2.07. The highest BCUT2D eigenvalue weighted by molar-refractivity contribution is 6.08. The largest absolute Gasteiger partial charge is 0.383 e. The van der Waals surface area contributed by atoms with Crippen LogP contribution in [-0.4, -0.2) is 16.6 Å². The number of nitrogens with one attached hydrogen (secondary N) is 1. The third-order valence-corrected chi connectivity index (χ3v) is 5.33. The molecule has 4 heteroatoms. The van der Waals surface area contributed by atoms with E-state index in [0.29, 0.717) is 24.4 Å².